The van der Waals surface area contributed by atoms with Crippen LogP contribution in [0.5, 0.6) is 11.5 Å². The molecule has 0 radical (unpaired) electrons. The minimum Gasteiger partial charge on any atom is -0.496 e. The molecule has 0 aliphatic heterocycles. The number of hydrogen-bond donors (Lipinski definition) is 1. The SMILES string of the molecule is COc1ccccc1CN/N=C/c1cccc(OCc2cccc(Cl)c2)c1. The van der Waals surface area contributed by atoms with E-state index in [1.807, 2.05) is 72.8 Å². The Balaban J connectivity index is 1.54. The van der Waals surface area contributed by atoms with Crippen molar-refractivity contribution in [1.82, 2.24) is 5.43 Å². The summed E-state index contributed by atoms with van der Waals surface area (Å²) in [6.07, 6.45) is 1.77. The zero-order chi connectivity index (χ0) is 18.9. The van der Waals surface area contributed by atoms with Crippen LogP contribution < -0.4 is 14.9 Å². The maximum atomic E-state index is 6.00. The van der Waals surface area contributed by atoms with Crippen molar-refractivity contribution in [3.05, 3.63) is 94.5 Å². The Morgan fingerprint density at radius 3 is 2.70 bits per heavy atom. The summed E-state index contributed by atoms with van der Waals surface area (Å²) in [5, 5.41) is 4.99. The topological polar surface area (TPSA) is 42.8 Å². The molecule has 0 atom stereocenters. The van der Waals surface area contributed by atoms with Crippen LogP contribution in [-0.4, -0.2) is 13.3 Å². The second kappa shape index (κ2) is 9.64. The van der Waals surface area contributed by atoms with E-state index in [9.17, 15) is 0 Å². The second-order valence-electron chi connectivity index (χ2n) is 5.90. The number of methoxy groups -OCH3 is 1. The molecule has 4 nitrogen and oxygen atoms in total. The maximum Gasteiger partial charge on any atom is 0.123 e. The molecular weight excluding hydrogens is 360 g/mol. The summed E-state index contributed by atoms with van der Waals surface area (Å²) in [7, 11) is 1.66. The fourth-order valence-corrected chi connectivity index (χ4v) is 2.79. The summed E-state index contributed by atoms with van der Waals surface area (Å²) in [6, 6.07) is 23.3. The molecule has 3 aromatic carbocycles. The van der Waals surface area contributed by atoms with E-state index in [-0.39, 0.29) is 0 Å². The summed E-state index contributed by atoms with van der Waals surface area (Å²) < 4.78 is 11.2. The van der Waals surface area contributed by atoms with Crippen LogP contribution in [0.25, 0.3) is 0 Å². The molecule has 0 aliphatic carbocycles. The first-order chi connectivity index (χ1) is 13.2. The van der Waals surface area contributed by atoms with Crippen LogP contribution in [0.1, 0.15) is 16.7 Å². The van der Waals surface area contributed by atoms with Gasteiger partial charge in [0.2, 0.25) is 0 Å². The van der Waals surface area contributed by atoms with Crippen LogP contribution in [0, 0.1) is 0 Å². The first-order valence-corrected chi connectivity index (χ1v) is 8.97. The monoisotopic (exact) mass is 380 g/mol. The Morgan fingerprint density at radius 2 is 1.85 bits per heavy atom. The van der Waals surface area contributed by atoms with Gasteiger partial charge in [-0.15, -0.1) is 0 Å². The molecule has 3 aromatic rings. The highest BCUT2D eigenvalue weighted by Gasteiger charge is 2.00. The van der Waals surface area contributed by atoms with E-state index in [4.69, 9.17) is 21.1 Å². The van der Waals surface area contributed by atoms with E-state index >= 15 is 0 Å². The van der Waals surface area contributed by atoms with Crippen LogP contribution in [0.15, 0.2) is 77.9 Å². The van der Waals surface area contributed by atoms with Gasteiger partial charge in [0.25, 0.3) is 0 Å². The van der Waals surface area contributed by atoms with E-state index in [1.54, 1.807) is 13.3 Å². The number of benzene rings is 3. The predicted octanol–water partition coefficient (Wildman–Crippen LogP) is 5.05. The lowest BCUT2D eigenvalue weighted by Gasteiger charge is -2.08. The number of para-hydroxylation sites is 1. The zero-order valence-electron chi connectivity index (χ0n) is 15.1. The molecule has 27 heavy (non-hydrogen) atoms. The standard InChI is InChI=1S/C22H21ClN2O2/c1-26-22-11-3-2-8-19(22)15-25-24-14-17-6-5-10-21(13-17)27-16-18-7-4-9-20(23)12-18/h2-14,25H,15-16H2,1H3/b24-14+. The molecule has 3 rings (SSSR count). The Kier molecular flexibility index (Phi) is 6.72. The highest BCUT2D eigenvalue weighted by Crippen LogP contribution is 2.17. The molecule has 1 N–H and O–H groups in total. The van der Waals surface area contributed by atoms with Gasteiger partial charge in [-0.2, -0.15) is 5.10 Å². The molecule has 0 saturated carbocycles. The minimum atomic E-state index is 0.465. The van der Waals surface area contributed by atoms with E-state index in [2.05, 4.69) is 10.5 Å². The first kappa shape index (κ1) is 18.8. The largest absolute Gasteiger partial charge is 0.496 e. The number of halogens is 1. The van der Waals surface area contributed by atoms with Gasteiger partial charge < -0.3 is 14.9 Å². The Bertz CT molecular complexity index is 912. The quantitative estimate of drug-likeness (QED) is 0.439. The molecule has 0 unspecified atom stereocenters. The number of nitrogens with zero attached hydrogens (tertiary/aromatic N) is 1. The molecule has 0 aromatic heterocycles. The van der Waals surface area contributed by atoms with Crippen LogP contribution >= 0.6 is 11.6 Å². The molecule has 0 aliphatic rings. The van der Waals surface area contributed by atoms with E-state index in [0.29, 0.717) is 18.2 Å². The average molecular weight is 381 g/mol. The normalized spacial score (nSPS) is 10.7. The van der Waals surface area contributed by atoms with Crippen molar-refractivity contribution in [2.45, 2.75) is 13.2 Å². The van der Waals surface area contributed by atoms with Gasteiger partial charge in [-0.1, -0.05) is 54.1 Å². The van der Waals surface area contributed by atoms with Gasteiger partial charge in [0.05, 0.1) is 19.9 Å². The molecule has 0 heterocycles. The van der Waals surface area contributed by atoms with E-state index in [0.717, 1.165) is 28.2 Å². The number of rotatable bonds is 8. The third-order valence-electron chi connectivity index (χ3n) is 3.92. The van der Waals surface area contributed by atoms with Gasteiger partial charge in [0.15, 0.2) is 0 Å². The van der Waals surface area contributed by atoms with Crippen molar-refractivity contribution >= 4 is 17.8 Å². The van der Waals surface area contributed by atoms with Crippen molar-refractivity contribution in [2.24, 2.45) is 5.10 Å². The van der Waals surface area contributed by atoms with Crippen LogP contribution in [-0.2, 0) is 13.2 Å². The second-order valence-corrected chi connectivity index (χ2v) is 6.33. The van der Waals surface area contributed by atoms with Gasteiger partial charge in [-0.05, 0) is 41.5 Å². The summed E-state index contributed by atoms with van der Waals surface area (Å²) in [5.74, 6) is 1.63. The molecule has 0 bridgehead atoms. The van der Waals surface area contributed by atoms with Crippen molar-refractivity contribution < 1.29 is 9.47 Å². The van der Waals surface area contributed by atoms with Crippen molar-refractivity contribution in [2.75, 3.05) is 7.11 Å². The molecule has 5 heteroatoms. The smallest absolute Gasteiger partial charge is 0.123 e. The highest BCUT2D eigenvalue weighted by molar-refractivity contribution is 6.30. The molecule has 0 saturated heterocycles. The summed E-state index contributed by atoms with van der Waals surface area (Å²) in [5.41, 5.74) is 6.07. The van der Waals surface area contributed by atoms with Crippen LogP contribution in [0.2, 0.25) is 5.02 Å². The summed E-state index contributed by atoms with van der Waals surface area (Å²) in [6.45, 7) is 1.05. The molecular formula is C22H21ClN2O2. The maximum absolute atomic E-state index is 6.00. The molecule has 138 valence electrons. The molecule has 0 fully saturated rings. The first-order valence-electron chi connectivity index (χ1n) is 8.60. The van der Waals surface area contributed by atoms with Gasteiger partial charge in [-0.25, -0.2) is 0 Å². The van der Waals surface area contributed by atoms with Gasteiger partial charge in [-0.3, -0.25) is 0 Å². The molecule has 0 spiro atoms. The Labute approximate surface area is 164 Å². The van der Waals surface area contributed by atoms with Gasteiger partial charge >= 0.3 is 0 Å². The number of nitrogens with one attached hydrogen (secondary N) is 1. The number of hydrazone groups is 1. The number of hydrogen-bond acceptors (Lipinski definition) is 4. The Hall–Kier alpha value is -2.98. The minimum absolute atomic E-state index is 0.465. The lowest BCUT2D eigenvalue weighted by molar-refractivity contribution is 0.306. The number of ether oxygens (including phenoxy) is 2. The lowest BCUT2D eigenvalue weighted by atomic mass is 10.2. The summed E-state index contributed by atoms with van der Waals surface area (Å²) in [4.78, 5) is 0. The van der Waals surface area contributed by atoms with E-state index < -0.39 is 0 Å². The fraction of sp³-hybridized carbons (Fsp3) is 0.136. The highest BCUT2D eigenvalue weighted by atomic mass is 35.5. The Morgan fingerprint density at radius 1 is 1.00 bits per heavy atom. The van der Waals surface area contributed by atoms with Crippen molar-refractivity contribution in [3.8, 4) is 11.5 Å². The van der Waals surface area contributed by atoms with Crippen LogP contribution in [0.3, 0.4) is 0 Å². The average Bonchev–Trinajstić information content (AvgIpc) is 2.70. The van der Waals surface area contributed by atoms with Crippen molar-refractivity contribution in [1.29, 1.82) is 0 Å². The van der Waals surface area contributed by atoms with Crippen molar-refractivity contribution in [3.63, 3.8) is 0 Å². The zero-order valence-corrected chi connectivity index (χ0v) is 15.8. The summed E-state index contributed by atoms with van der Waals surface area (Å²) >= 11 is 6.00. The van der Waals surface area contributed by atoms with E-state index in [1.165, 1.54) is 0 Å². The molecule has 0 amide bonds. The third-order valence-corrected chi connectivity index (χ3v) is 4.15. The van der Waals surface area contributed by atoms with Gasteiger partial charge in [0.1, 0.15) is 18.1 Å². The predicted molar refractivity (Wildman–Crippen MR) is 110 cm³/mol. The van der Waals surface area contributed by atoms with Gasteiger partial charge in [0, 0.05) is 10.6 Å². The van der Waals surface area contributed by atoms with Crippen LogP contribution in [0.4, 0.5) is 0 Å². The lowest BCUT2D eigenvalue weighted by Crippen LogP contribution is -2.06. The fourth-order valence-electron chi connectivity index (χ4n) is 2.58. The third kappa shape index (κ3) is 5.76.